The third-order valence-corrected chi connectivity index (χ3v) is 2.59. The van der Waals surface area contributed by atoms with Gasteiger partial charge in [-0.15, -0.1) is 0 Å². The van der Waals surface area contributed by atoms with E-state index in [0.29, 0.717) is 6.54 Å². The van der Waals surface area contributed by atoms with Gasteiger partial charge in [-0.25, -0.2) is 0 Å². The van der Waals surface area contributed by atoms with E-state index < -0.39 is 0 Å². The normalized spacial score (nSPS) is 15.4. The van der Waals surface area contributed by atoms with Crippen molar-refractivity contribution < 1.29 is 4.79 Å². The van der Waals surface area contributed by atoms with Crippen LogP contribution in [-0.4, -0.2) is 22.3 Å². The van der Waals surface area contributed by atoms with Crippen LogP contribution >= 0.6 is 0 Å². The smallest absolute Gasteiger partial charge is 0.246 e. The zero-order valence-corrected chi connectivity index (χ0v) is 8.81. The lowest BCUT2D eigenvalue weighted by Gasteiger charge is -2.27. The van der Waals surface area contributed by atoms with Crippen molar-refractivity contribution in [3.8, 4) is 0 Å². The second-order valence-corrected chi connectivity index (χ2v) is 3.62. The first-order valence-electron chi connectivity index (χ1n) is 5.15. The van der Waals surface area contributed by atoms with E-state index in [0.717, 1.165) is 18.7 Å². The van der Waals surface area contributed by atoms with Gasteiger partial charge in [-0.05, 0) is 24.6 Å². The molecule has 2 heterocycles. The Morgan fingerprint density at radius 3 is 3.27 bits per heavy atom. The lowest BCUT2D eigenvalue weighted by molar-refractivity contribution is -0.126. The van der Waals surface area contributed by atoms with Crippen molar-refractivity contribution in [3.63, 3.8) is 0 Å². The Labute approximate surface area is 89.4 Å². The molecule has 0 bridgehead atoms. The Balaban J connectivity index is 2.15. The second-order valence-electron chi connectivity index (χ2n) is 3.62. The fourth-order valence-electron chi connectivity index (χ4n) is 1.80. The number of pyridine rings is 1. The van der Waals surface area contributed by atoms with E-state index in [-0.39, 0.29) is 5.91 Å². The largest absolute Gasteiger partial charge is 0.334 e. The number of carbonyl (C=O) groups is 1. The minimum absolute atomic E-state index is 0.0898. The van der Waals surface area contributed by atoms with Gasteiger partial charge in [-0.3, -0.25) is 9.78 Å². The van der Waals surface area contributed by atoms with E-state index in [1.54, 1.807) is 12.2 Å². The molecule has 3 nitrogen and oxygen atoms in total. The monoisotopic (exact) mass is 202 g/mol. The van der Waals surface area contributed by atoms with Crippen LogP contribution in [-0.2, 0) is 17.8 Å². The Kier molecular flexibility index (Phi) is 2.81. The molecule has 1 aliphatic rings. The van der Waals surface area contributed by atoms with Gasteiger partial charge >= 0.3 is 0 Å². The van der Waals surface area contributed by atoms with Crippen LogP contribution in [0, 0.1) is 0 Å². The maximum atomic E-state index is 11.6. The van der Waals surface area contributed by atoms with Gasteiger partial charge in [0, 0.05) is 31.4 Å². The van der Waals surface area contributed by atoms with Crippen LogP contribution in [0.2, 0.25) is 0 Å². The summed E-state index contributed by atoms with van der Waals surface area (Å²) < 4.78 is 0. The summed E-state index contributed by atoms with van der Waals surface area (Å²) in [5.74, 6) is 0.0898. The molecule has 1 aliphatic heterocycles. The van der Waals surface area contributed by atoms with Crippen LogP contribution in [0.1, 0.15) is 18.2 Å². The van der Waals surface area contributed by atoms with Gasteiger partial charge in [0.25, 0.3) is 0 Å². The highest BCUT2D eigenvalue weighted by Gasteiger charge is 2.18. The van der Waals surface area contributed by atoms with Crippen molar-refractivity contribution in [1.29, 1.82) is 0 Å². The quantitative estimate of drug-likeness (QED) is 0.647. The van der Waals surface area contributed by atoms with E-state index in [4.69, 9.17) is 0 Å². The zero-order valence-electron chi connectivity index (χ0n) is 8.81. The summed E-state index contributed by atoms with van der Waals surface area (Å²) in [5, 5.41) is 0. The first-order valence-corrected chi connectivity index (χ1v) is 5.15. The number of carbonyl (C=O) groups excluding carboxylic acids is 1. The highest BCUT2D eigenvalue weighted by molar-refractivity contribution is 5.87. The predicted octanol–water partition coefficient (Wildman–Crippen LogP) is 1.54. The van der Waals surface area contributed by atoms with Gasteiger partial charge in [0.05, 0.1) is 0 Å². The van der Waals surface area contributed by atoms with E-state index in [2.05, 4.69) is 4.98 Å². The topological polar surface area (TPSA) is 33.2 Å². The number of rotatable bonds is 1. The molecule has 0 N–H and O–H groups in total. The van der Waals surface area contributed by atoms with Gasteiger partial charge in [-0.1, -0.05) is 12.1 Å². The standard InChI is InChI=1S/C12H14N2O/c1-2-4-12(15)14-8-6-11-10(9-14)5-3-7-13-11/h2-5,7H,6,8-9H2,1H3. The van der Waals surface area contributed by atoms with Gasteiger partial charge in [0.15, 0.2) is 0 Å². The first kappa shape index (κ1) is 9.90. The maximum Gasteiger partial charge on any atom is 0.246 e. The molecule has 2 rings (SSSR count). The minimum Gasteiger partial charge on any atom is -0.334 e. The van der Waals surface area contributed by atoms with Crippen LogP contribution in [0.3, 0.4) is 0 Å². The molecule has 0 saturated carbocycles. The lowest BCUT2D eigenvalue weighted by atomic mass is 10.1. The summed E-state index contributed by atoms with van der Waals surface area (Å²) >= 11 is 0. The Hall–Kier alpha value is -1.64. The van der Waals surface area contributed by atoms with Gasteiger partial charge < -0.3 is 4.90 Å². The molecule has 1 aromatic rings. The van der Waals surface area contributed by atoms with Crippen molar-refractivity contribution in [2.75, 3.05) is 6.54 Å². The fourth-order valence-corrected chi connectivity index (χ4v) is 1.80. The summed E-state index contributed by atoms with van der Waals surface area (Å²) in [4.78, 5) is 17.8. The molecule has 15 heavy (non-hydrogen) atoms. The molecule has 1 aromatic heterocycles. The average molecular weight is 202 g/mol. The van der Waals surface area contributed by atoms with Gasteiger partial charge in [0.2, 0.25) is 5.91 Å². The van der Waals surface area contributed by atoms with Crippen LogP contribution in [0.15, 0.2) is 30.5 Å². The van der Waals surface area contributed by atoms with Crippen molar-refractivity contribution in [2.24, 2.45) is 0 Å². The lowest BCUT2D eigenvalue weighted by Crippen LogP contribution is -2.35. The van der Waals surface area contributed by atoms with Crippen molar-refractivity contribution in [1.82, 2.24) is 9.88 Å². The van der Waals surface area contributed by atoms with Crippen LogP contribution in [0.4, 0.5) is 0 Å². The highest BCUT2D eigenvalue weighted by atomic mass is 16.2. The van der Waals surface area contributed by atoms with Crippen LogP contribution in [0.5, 0.6) is 0 Å². The number of aromatic nitrogens is 1. The third-order valence-electron chi connectivity index (χ3n) is 2.59. The molecule has 0 saturated heterocycles. The van der Waals surface area contributed by atoms with E-state index >= 15 is 0 Å². The Morgan fingerprint density at radius 2 is 2.47 bits per heavy atom. The van der Waals surface area contributed by atoms with Gasteiger partial charge in [-0.2, -0.15) is 0 Å². The molecule has 3 heteroatoms. The molecule has 0 atom stereocenters. The molecule has 0 unspecified atom stereocenters. The number of allylic oxidation sites excluding steroid dienone is 1. The summed E-state index contributed by atoms with van der Waals surface area (Å²) in [6.45, 7) is 3.32. The molecule has 0 fully saturated rings. The zero-order chi connectivity index (χ0) is 10.7. The van der Waals surface area contributed by atoms with Gasteiger partial charge in [0.1, 0.15) is 0 Å². The number of fused-ring (bicyclic) bond motifs is 1. The molecule has 0 radical (unpaired) electrons. The minimum atomic E-state index is 0.0898. The number of amides is 1. The van der Waals surface area contributed by atoms with Crippen molar-refractivity contribution in [2.45, 2.75) is 19.9 Å². The summed E-state index contributed by atoms with van der Waals surface area (Å²) in [7, 11) is 0. The van der Waals surface area contributed by atoms with E-state index in [9.17, 15) is 4.79 Å². The van der Waals surface area contributed by atoms with E-state index in [1.807, 2.05) is 30.2 Å². The molecule has 1 amide bonds. The Morgan fingerprint density at radius 1 is 1.60 bits per heavy atom. The second kappa shape index (κ2) is 4.26. The molecule has 78 valence electrons. The summed E-state index contributed by atoms with van der Waals surface area (Å²) in [6.07, 6.45) is 6.06. The molecular weight excluding hydrogens is 188 g/mol. The Bertz CT molecular complexity index is 398. The molecule has 0 aromatic carbocycles. The van der Waals surface area contributed by atoms with Crippen LogP contribution < -0.4 is 0 Å². The number of hydrogen-bond donors (Lipinski definition) is 0. The SMILES string of the molecule is CC=CC(=O)N1CCc2ncccc2C1. The first-order chi connectivity index (χ1) is 7.31. The maximum absolute atomic E-state index is 11.6. The highest BCUT2D eigenvalue weighted by Crippen LogP contribution is 2.16. The van der Waals surface area contributed by atoms with E-state index in [1.165, 1.54) is 5.56 Å². The van der Waals surface area contributed by atoms with Crippen molar-refractivity contribution >= 4 is 5.91 Å². The van der Waals surface area contributed by atoms with Crippen molar-refractivity contribution in [3.05, 3.63) is 41.7 Å². The molecule has 0 spiro atoms. The predicted molar refractivity (Wildman–Crippen MR) is 58.2 cm³/mol. The summed E-state index contributed by atoms with van der Waals surface area (Å²) in [6, 6.07) is 3.96. The number of hydrogen-bond acceptors (Lipinski definition) is 2. The average Bonchev–Trinajstić information content (AvgIpc) is 2.29. The van der Waals surface area contributed by atoms with Crippen LogP contribution in [0.25, 0.3) is 0 Å². The fraction of sp³-hybridized carbons (Fsp3) is 0.333. The third kappa shape index (κ3) is 2.06. The molecular formula is C12H14N2O. The summed E-state index contributed by atoms with van der Waals surface area (Å²) in [5.41, 5.74) is 2.30. The molecule has 0 aliphatic carbocycles. The number of nitrogens with zero attached hydrogens (tertiary/aromatic N) is 2.